The molecule has 10 nitrogen and oxygen atoms in total. The monoisotopic (exact) mass is 540 g/mol. The SMILES string of the molecule is Cn1cc(-c2cc3c(C(=O)C4CCN(C(=O)OC(C)(C)C)C4)c(N)cnc3n2COCC[Si-](C)(C)C)cn1. The highest BCUT2D eigenvalue weighted by molar-refractivity contribution is 6.76. The van der Waals surface area contributed by atoms with Gasteiger partial charge in [-0.1, -0.05) is 0 Å². The minimum atomic E-state index is -1.24. The van der Waals surface area contributed by atoms with Crippen molar-refractivity contribution in [3.8, 4) is 11.3 Å². The number of carbonyl (C=O) groups is 2. The molecule has 1 aliphatic heterocycles. The number of aromatic nitrogens is 4. The number of nitrogen functional groups attached to an aromatic ring is 1. The lowest BCUT2D eigenvalue weighted by Gasteiger charge is -2.26. The van der Waals surface area contributed by atoms with Gasteiger partial charge in [-0.3, -0.25) is 9.48 Å². The van der Waals surface area contributed by atoms with Crippen molar-refractivity contribution in [1.29, 1.82) is 0 Å². The Kier molecular flexibility index (Phi) is 7.71. The smallest absolute Gasteiger partial charge is 0.410 e. The number of hydrogen-bond donors (Lipinski definition) is 1. The summed E-state index contributed by atoms with van der Waals surface area (Å²) in [5.74, 6) is -0.455. The molecule has 0 spiro atoms. The maximum absolute atomic E-state index is 13.8. The average Bonchev–Trinajstić information content (AvgIpc) is 3.53. The maximum atomic E-state index is 13.8. The average molecular weight is 541 g/mol. The molecule has 4 rings (SSSR count). The van der Waals surface area contributed by atoms with Gasteiger partial charge in [0.05, 0.1) is 29.3 Å². The predicted molar refractivity (Wildman–Crippen MR) is 151 cm³/mol. The summed E-state index contributed by atoms with van der Waals surface area (Å²) in [7, 11) is 0.622. The third kappa shape index (κ3) is 6.27. The Morgan fingerprint density at radius 1 is 1.21 bits per heavy atom. The van der Waals surface area contributed by atoms with E-state index in [2.05, 4.69) is 29.7 Å². The highest BCUT2D eigenvalue weighted by Crippen LogP contribution is 2.34. The van der Waals surface area contributed by atoms with Crippen molar-refractivity contribution in [2.75, 3.05) is 25.4 Å². The van der Waals surface area contributed by atoms with Crippen molar-refractivity contribution in [3.63, 3.8) is 0 Å². The van der Waals surface area contributed by atoms with Crippen molar-refractivity contribution >= 4 is 36.7 Å². The first-order valence-electron chi connectivity index (χ1n) is 13.1. The minimum Gasteiger partial charge on any atom is -0.444 e. The van der Waals surface area contributed by atoms with Crippen LogP contribution in [0.2, 0.25) is 25.7 Å². The van der Waals surface area contributed by atoms with E-state index in [1.54, 1.807) is 22.0 Å². The Bertz CT molecular complexity index is 1330. The zero-order valence-corrected chi connectivity index (χ0v) is 24.6. The Labute approximate surface area is 225 Å². The molecule has 0 saturated carbocycles. The lowest BCUT2D eigenvalue weighted by Crippen LogP contribution is -2.36. The second-order valence-corrected chi connectivity index (χ2v) is 17.9. The van der Waals surface area contributed by atoms with Crippen molar-refractivity contribution in [2.24, 2.45) is 13.0 Å². The summed E-state index contributed by atoms with van der Waals surface area (Å²) in [6, 6.07) is 3.00. The van der Waals surface area contributed by atoms with Gasteiger partial charge in [0.15, 0.2) is 5.78 Å². The molecule has 11 heteroatoms. The van der Waals surface area contributed by atoms with Crippen molar-refractivity contribution in [1.82, 2.24) is 24.2 Å². The summed E-state index contributed by atoms with van der Waals surface area (Å²) in [6.07, 6.45) is 5.40. The minimum absolute atomic E-state index is 0.0875. The molecule has 0 aliphatic carbocycles. The highest BCUT2D eigenvalue weighted by atomic mass is 28.3. The summed E-state index contributed by atoms with van der Waals surface area (Å²) in [5.41, 5.74) is 8.93. The van der Waals surface area contributed by atoms with E-state index in [0.717, 1.165) is 17.3 Å². The molecule has 1 aliphatic rings. The van der Waals surface area contributed by atoms with Gasteiger partial charge in [-0.25, -0.2) is 9.78 Å². The van der Waals surface area contributed by atoms with Crippen molar-refractivity contribution in [2.45, 2.75) is 65.2 Å². The van der Waals surface area contributed by atoms with E-state index in [1.807, 2.05) is 44.6 Å². The number of nitrogens with two attached hydrogens (primary N) is 1. The van der Waals surface area contributed by atoms with Gasteiger partial charge in [0.2, 0.25) is 0 Å². The van der Waals surface area contributed by atoms with Crippen LogP contribution in [0.15, 0.2) is 24.7 Å². The Morgan fingerprint density at radius 2 is 1.95 bits per heavy atom. The van der Waals surface area contributed by atoms with Crippen molar-refractivity contribution < 1.29 is 19.1 Å². The molecule has 1 unspecified atom stereocenters. The third-order valence-electron chi connectivity index (χ3n) is 6.63. The first kappa shape index (κ1) is 27.8. The first-order valence-corrected chi connectivity index (χ1v) is 16.8. The van der Waals surface area contributed by atoms with Gasteiger partial charge in [0, 0.05) is 49.8 Å². The van der Waals surface area contributed by atoms with Crippen LogP contribution < -0.4 is 5.73 Å². The Morgan fingerprint density at radius 3 is 2.58 bits per heavy atom. The fraction of sp³-hybridized carbons (Fsp3) is 0.556. The van der Waals surface area contributed by atoms with Crippen LogP contribution in [-0.4, -0.2) is 69.5 Å². The van der Waals surface area contributed by atoms with Crippen LogP contribution in [0.5, 0.6) is 0 Å². The first-order chi connectivity index (χ1) is 17.7. The van der Waals surface area contributed by atoms with Gasteiger partial charge in [-0.15, -0.1) is 14.1 Å². The molecule has 1 amide bonds. The second kappa shape index (κ2) is 10.5. The number of ether oxygens (including phenoxy) is 2. The lowest BCUT2D eigenvalue weighted by molar-refractivity contribution is 0.0289. The number of aryl methyl sites for hydroxylation is 1. The maximum Gasteiger partial charge on any atom is 0.410 e. The van der Waals surface area contributed by atoms with Crippen LogP contribution >= 0.6 is 0 Å². The molecule has 3 aromatic rings. The van der Waals surface area contributed by atoms with Gasteiger partial charge < -0.3 is 24.7 Å². The molecule has 0 radical (unpaired) electrons. The predicted octanol–water partition coefficient (Wildman–Crippen LogP) is 4.77. The molecule has 1 saturated heterocycles. The van der Waals surface area contributed by atoms with Gasteiger partial charge in [-0.2, -0.15) is 24.7 Å². The molecule has 0 bridgehead atoms. The number of rotatable bonds is 8. The van der Waals surface area contributed by atoms with Crippen LogP contribution in [0.3, 0.4) is 0 Å². The summed E-state index contributed by atoms with van der Waals surface area (Å²) < 4.78 is 15.3. The molecule has 3 aromatic heterocycles. The number of fused-ring (bicyclic) bond motifs is 1. The molecule has 0 aromatic carbocycles. The van der Waals surface area contributed by atoms with Crippen LogP contribution in [0.1, 0.15) is 37.6 Å². The Balaban J connectivity index is 1.66. The number of carbonyl (C=O) groups excluding carboxylic acids is 2. The van der Waals surface area contributed by atoms with Crippen LogP contribution in [-0.2, 0) is 23.3 Å². The number of nitrogens with zero attached hydrogens (tertiary/aromatic N) is 5. The van der Waals surface area contributed by atoms with Crippen LogP contribution in [0.4, 0.5) is 10.5 Å². The Hall–Kier alpha value is -3.18. The molecular weight excluding hydrogens is 500 g/mol. The number of amides is 1. The number of anilines is 1. The zero-order chi connectivity index (χ0) is 27.8. The van der Waals surface area contributed by atoms with E-state index in [9.17, 15) is 9.59 Å². The lowest BCUT2D eigenvalue weighted by atomic mass is 9.94. The van der Waals surface area contributed by atoms with E-state index in [0.29, 0.717) is 55.1 Å². The summed E-state index contributed by atoms with van der Waals surface area (Å²) >= 11 is 0. The molecule has 38 heavy (non-hydrogen) atoms. The topological polar surface area (TPSA) is 118 Å². The molecule has 207 valence electrons. The van der Waals surface area contributed by atoms with E-state index >= 15 is 0 Å². The zero-order valence-electron chi connectivity index (χ0n) is 23.6. The summed E-state index contributed by atoms with van der Waals surface area (Å²) in [4.78, 5) is 32.6. The molecule has 4 heterocycles. The second-order valence-electron chi connectivity index (χ2n) is 12.3. The molecule has 2 N–H and O–H groups in total. The van der Waals surface area contributed by atoms with Crippen LogP contribution in [0.25, 0.3) is 22.3 Å². The molecule has 1 fully saturated rings. The summed E-state index contributed by atoms with van der Waals surface area (Å²) in [6.45, 7) is 14.2. The standard InChI is InChI=1S/C27H40N6O4Si/c1-27(2,3)37-26(35)32-9-8-18(16-32)24(34)23-20-12-22(19-13-30-31(4)15-19)33(25(20)29-14-21(23)28)17-36-10-11-38(5,6)7/h12-15,18H,8-11,16-17,28H2,1-7H3/q-1. The quantitative estimate of drug-likeness (QED) is 0.248. The number of likely N-dealkylation sites (tertiary alicyclic amines) is 1. The van der Waals surface area contributed by atoms with Gasteiger partial charge >= 0.3 is 6.09 Å². The normalized spacial score (nSPS) is 16.4. The van der Waals surface area contributed by atoms with Gasteiger partial charge in [0.1, 0.15) is 18.0 Å². The number of pyridine rings is 1. The van der Waals surface area contributed by atoms with E-state index in [-0.39, 0.29) is 11.7 Å². The molecular formula is C27H40N6O4Si-. The largest absolute Gasteiger partial charge is 0.444 e. The molecule has 1 atom stereocenters. The van der Waals surface area contributed by atoms with Crippen LogP contribution in [0, 0.1) is 5.92 Å². The van der Waals surface area contributed by atoms with Gasteiger partial charge in [0.25, 0.3) is 0 Å². The third-order valence-corrected chi connectivity index (χ3v) is 8.33. The van der Waals surface area contributed by atoms with Gasteiger partial charge in [-0.05, 0) is 33.3 Å². The fourth-order valence-corrected chi connectivity index (χ4v) is 5.37. The number of ketones is 1. The van der Waals surface area contributed by atoms with E-state index < -0.39 is 19.8 Å². The number of hydrogen-bond acceptors (Lipinski definition) is 7. The van der Waals surface area contributed by atoms with E-state index in [4.69, 9.17) is 15.2 Å². The van der Waals surface area contributed by atoms with Crippen molar-refractivity contribution in [3.05, 3.63) is 30.2 Å². The fourth-order valence-electron chi connectivity index (χ4n) is 4.62. The summed E-state index contributed by atoms with van der Waals surface area (Å²) in [5, 5.41) is 5.01. The van der Waals surface area contributed by atoms with E-state index in [1.165, 1.54) is 0 Å². The highest BCUT2D eigenvalue weighted by Gasteiger charge is 2.35. The number of Topliss-reactive ketones (excluding diaryl/α,β-unsaturated/α-hetero) is 1.